The van der Waals surface area contributed by atoms with Gasteiger partial charge in [0.25, 0.3) is 5.91 Å². The lowest BCUT2D eigenvalue weighted by Gasteiger charge is -2.60. The maximum Gasteiger partial charge on any atom is 0.253 e. The molecular formula is C16H24N2O3. The Morgan fingerprint density at radius 2 is 1.71 bits per heavy atom. The Balaban J connectivity index is 1.89. The predicted molar refractivity (Wildman–Crippen MR) is 80.7 cm³/mol. The van der Waals surface area contributed by atoms with Crippen LogP contribution in [-0.2, 0) is 14.3 Å². The van der Waals surface area contributed by atoms with Crippen molar-refractivity contribution >= 4 is 11.8 Å². The van der Waals surface area contributed by atoms with Crippen LogP contribution in [0.5, 0.6) is 0 Å². The molecule has 2 fully saturated rings. The molecule has 0 atom stereocenters. The fourth-order valence-corrected chi connectivity index (χ4v) is 3.08. The van der Waals surface area contributed by atoms with Gasteiger partial charge in [-0.2, -0.15) is 0 Å². The molecule has 2 aliphatic rings. The molecule has 0 saturated carbocycles. The van der Waals surface area contributed by atoms with E-state index in [0.29, 0.717) is 12.2 Å². The number of allylic oxidation sites excluding steroid dienone is 1. The van der Waals surface area contributed by atoms with Crippen molar-refractivity contribution in [1.82, 2.24) is 9.80 Å². The van der Waals surface area contributed by atoms with Crippen LogP contribution in [0.1, 0.15) is 20.8 Å². The van der Waals surface area contributed by atoms with Crippen molar-refractivity contribution in [1.29, 1.82) is 0 Å². The lowest BCUT2D eigenvalue weighted by atomic mass is 9.72. The van der Waals surface area contributed by atoms with Crippen molar-refractivity contribution in [3.8, 4) is 0 Å². The van der Waals surface area contributed by atoms with Crippen molar-refractivity contribution in [3.05, 3.63) is 23.3 Å². The van der Waals surface area contributed by atoms with Crippen molar-refractivity contribution in [2.45, 2.75) is 20.8 Å². The lowest BCUT2D eigenvalue weighted by Crippen LogP contribution is -2.73. The molecule has 2 amide bonds. The van der Waals surface area contributed by atoms with Crippen LogP contribution in [0.3, 0.4) is 0 Å². The molecule has 0 aliphatic carbocycles. The summed E-state index contributed by atoms with van der Waals surface area (Å²) in [5, 5.41) is 0. The number of methoxy groups -OCH3 is 1. The molecule has 21 heavy (non-hydrogen) atoms. The Kier molecular flexibility index (Phi) is 4.52. The van der Waals surface area contributed by atoms with Crippen LogP contribution in [0.4, 0.5) is 0 Å². The van der Waals surface area contributed by atoms with Crippen LogP contribution in [0, 0.1) is 5.41 Å². The highest BCUT2D eigenvalue weighted by molar-refractivity contribution is 5.97. The maximum atomic E-state index is 12.4. The van der Waals surface area contributed by atoms with Crippen LogP contribution >= 0.6 is 0 Å². The smallest absolute Gasteiger partial charge is 0.253 e. The van der Waals surface area contributed by atoms with Crippen LogP contribution in [0.2, 0.25) is 0 Å². The van der Waals surface area contributed by atoms with E-state index in [1.807, 2.05) is 35.8 Å². The highest BCUT2D eigenvalue weighted by Crippen LogP contribution is 2.40. The predicted octanol–water partition coefficient (Wildman–Crippen LogP) is 1.22. The van der Waals surface area contributed by atoms with Gasteiger partial charge in [0.05, 0.1) is 6.61 Å². The minimum absolute atomic E-state index is 0.0693. The molecule has 1 spiro atoms. The molecule has 0 aromatic rings. The highest BCUT2D eigenvalue weighted by Gasteiger charge is 2.53. The summed E-state index contributed by atoms with van der Waals surface area (Å²) in [7, 11) is 1.64. The number of carbonyl (C=O) groups is 2. The molecule has 0 bridgehead atoms. The Morgan fingerprint density at radius 1 is 1.14 bits per heavy atom. The van der Waals surface area contributed by atoms with Crippen molar-refractivity contribution in [3.63, 3.8) is 0 Å². The summed E-state index contributed by atoms with van der Waals surface area (Å²) in [6.45, 7) is 9.03. The fraction of sp³-hybridized carbons (Fsp3) is 0.625. The number of nitrogens with zero attached hydrogens (tertiary/aromatic N) is 2. The van der Waals surface area contributed by atoms with Gasteiger partial charge in [0.15, 0.2) is 0 Å². The third-order valence-corrected chi connectivity index (χ3v) is 4.17. The second-order valence-corrected chi connectivity index (χ2v) is 6.20. The van der Waals surface area contributed by atoms with Gasteiger partial charge in [-0.1, -0.05) is 6.08 Å². The lowest BCUT2D eigenvalue weighted by molar-refractivity contribution is -0.164. The van der Waals surface area contributed by atoms with Gasteiger partial charge in [0.2, 0.25) is 5.91 Å². The second-order valence-electron chi connectivity index (χ2n) is 6.20. The molecule has 0 radical (unpaired) electrons. The van der Waals surface area contributed by atoms with Gasteiger partial charge in [-0.3, -0.25) is 9.59 Å². The van der Waals surface area contributed by atoms with Crippen molar-refractivity contribution in [2.75, 3.05) is 39.9 Å². The number of hydrogen-bond acceptors (Lipinski definition) is 3. The molecule has 2 rings (SSSR count). The van der Waals surface area contributed by atoms with E-state index in [1.54, 1.807) is 14.0 Å². The van der Waals surface area contributed by atoms with E-state index in [0.717, 1.165) is 31.8 Å². The van der Waals surface area contributed by atoms with Crippen LogP contribution in [0.15, 0.2) is 23.3 Å². The molecule has 116 valence electrons. The molecule has 0 aromatic heterocycles. The number of ether oxygens (including phenoxy) is 1. The zero-order valence-corrected chi connectivity index (χ0v) is 13.3. The first-order valence-corrected chi connectivity index (χ1v) is 7.28. The van der Waals surface area contributed by atoms with E-state index in [4.69, 9.17) is 4.74 Å². The van der Waals surface area contributed by atoms with E-state index >= 15 is 0 Å². The van der Waals surface area contributed by atoms with Crippen LogP contribution < -0.4 is 0 Å². The van der Waals surface area contributed by atoms with Crippen molar-refractivity contribution in [2.24, 2.45) is 5.41 Å². The number of rotatable bonds is 4. The van der Waals surface area contributed by atoms with E-state index in [9.17, 15) is 9.59 Å². The van der Waals surface area contributed by atoms with E-state index in [1.165, 1.54) is 0 Å². The minimum Gasteiger partial charge on any atom is -0.380 e. The molecule has 0 aromatic carbocycles. The average Bonchev–Trinajstić information content (AvgIpc) is 2.32. The Morgan fingerprint density at radius 3 is 2.19 bits per heavy atom. The number of carbonyl (C=O) groups excluding carboxylic acids is 2. The molecule has 2 saturated heterocycles. The standard InChI is InChI=1S/C16H24N2O3/c1-5-14(6-12(2)7-21-4)15(20)18-10-16(11-18)8-17(9-16)13(3)19/h5-6H,7-11H2,1-4H3/b12-6-,14-5+. The first kappa shape index (κ1) is 15.8. The number of amides is 2. The summed E-state index contributed by atoms with van der Waals surface area (Å²) in [4.78, 5) is 27.4. The first-order valence-electron chi connectivity index (χ1n) is 7.28. The summed E-state index contributed by atoms with van der Waals surface area (Å²) in [6, 6.07) is 0. The first-order chi connectivity index (χ1) is 9.90. The van der Waals surface area contributed by atoms with Crippen LogP contribution in [0.25, 0.3) is 0 Å². The molecule has 5 heteroatoms. The average molecular weight is 292 g/mol. The van der Waals surface area contributed by atoms with Gasteiger partial charge in [0, 0.05) is 51.2 Å². The molecule has 5 nitrogen and oxygen atoms in total. The summed E-state index contributed by atoms with van der Waals surface area (Å²) in [5.41, 5.74) is 1.90. The molecule has 2 aliphatic heterocycles. The van der Waals surface area contributed by atoms with Gasteiger partial charge in [-0.25, -0.2) is 0 Å². The zero-order valence-electron chi connectivity index (χ0n) is 13.3. The maximum absolute atomic E-state index is 12.4. The van der Waals surface area contributed by atoms with Gasteiger partial charge in [-0.15, -0.1) is 0 Å². The molecule has 0 unspecified atom stereocenters. The quantitative estimate of drug-likeness (QED) is 0.578. The largest absolute Gasteiger partial charge is 0.380 e. The summed E-state index contributed by atoms with van der Waals surface area (Å²) in [5.74, 6) is 0.192. The fourth-order valence-electron chi connectivity index (χ4n) is 3.08. The third kappa shape index (κ3) is 3.18. The highest BCUT2D eigenvalue weighted by atomic mass is 16.5. The van der Waals surface area contributed by atoms with E-state index in [2.05, 4.69) is 0 Å². The number of likely N-dealkylation sites (tertiary alicyclic amines) is 2. The summed E-state index contributed by atoms with van der Waals surface area (Å²) >= 11 is 0. The van der Waals surface area contributed by atoms with Gasteiger partial charge in [-0.05, 0) is 25.5 Å². The number of hydrogen-bond donors (Lipinski definition) is 0. The van der Waals surface area contributed by atoms with E-state index < -0.39 is 0 Å². The van der Waals surface area contributed by atoms with Gasteiger partial charge >= 0.3 is 0 Å². The molecular weight excluding hydrogens is 268 g/mol. The summed E-state index contributed by atoms with van der Waals surface area (Å²) < 4.78 is 5.07. The molecule has 2 heterocycles. The Hall–Kier alpha value is -1.62. The van der Waals surface area contributed by atoms with E-state index in [-0.39, 0.29) is 17.2 Å². The van der Waals surface area contributed by atoms with Crippen LogP contribution in [-0.4, -0.2) is 61.5 Å². The zero-order chi connectivity index (χ0) is 15.6. The van der Waals surface area contributed by atoms with Crippen molar-refractivity contribution < 1.29 is 14.3 Å². The SMILES string of the molecule is C/C=C(\C=C(\C)COC)C(=O)N1CC2(CN(C(C)=O)C2)C1. The monoisotopic (exact) mass is 292 g/mol. The summed E-state index contributed by atoms with van der Waals surface area (Å²) in [6.07, 6.45) is 3.73. The second kappa shape index (κ2) is 6.02. The topological polar surface area (TPSA) is 49.9 Å². The van der Waals surface area contributed by atoms with Gasteiger partial charge in [0.1, 0.15) is 0 Å². The van der Waals surface area contributed by atoms with Gasteiger partial charge < -0.3 is 14.5 Å². The normalized spacial score (nSPS) is 21.1. The Labute approximate surface area is 126 Å². The molecule has 0 N–H and O–H groups in total. The minimum atomic E-state index is 0.0693. The third-order valence-electron chi connectivity index (χ3n) is 4.17. The Bertz CT molecular complexity index is 494.